The van der Waals surface area contributed by atoms with Crippen molar-refractivity contribution < 1.29 is 9.47 Å². The molecular formula is C12H14N2O2. The molecule has 0 aliphatic carbocycles. The summed E-state index contributed by atoms with van der Waals surface area (Å²) in [6, 6.07) is 5.80. The molecule has 0 amide bonds. The summed E-state index contributed by atoms with van der Waals surface area (Å²) in [4.78, 5) is 7.04. The number of nitrogens with one attached hydrogen (secondary N) is 1. The maximum Gasteiger partial charge on any atom is 0.161 e. The van der Waals surface area contributed by atoms with Crippen molar-refractivity contribution in [3.05, 3.63) is 30.7 Å². The number of ether oxygens (including phenoxy) is 2. The highest BCUT2D eigenvalue weighted by Crippen LogP contribution is 2.31. The highest BCUT2D eigenvalue weighted by Gasteiger charge is 2.07. The van der Waals surface area contributed by atoms with E-state index in [0.29, 0.717) is 6.61 Å². The molecule has 1 N–H and O–H groups in total. The van der Waals surface area contributed by atoms with Gasteiger partial charge in [-0.3, -0.25) is 0 Å². The molecular weight excluding hydrogens is 204 g/mol. The fraction of sp³-hybridized carbons (Fsp3) is 0.250. The zero-order chi connectivity index (χ0) is 11.4. The van der Waals surface area contributed by atoms with Crippen LogP contribution in [-0.2, 0) is 0 Å². The molecule has 1 aromatic heterocycles. The summed E-state index contributed by atoms with van der Waals surface area (Å²) in [5.74, 6) is 1.49. The summed E-state index contributed by atoms with van der Waals surface area (Å²) >= 11 is 0. The second kappa shape index (κ2) is 4.70. The van der Waals surface area contributed by atoms with Crippen molar-refractivity contribution in [2.24, 2.45) is 0 Å². The predicted octanol–water partition coefficient (Wildman–Crippen LogP) is 2.48. The van der Waals surface area contributed by atoms with Gasteiger partial charge in [0.2, 0.25) is 0 Å². The van der Waals surface area contributed by atoms with Gasteiger partial charge in [0.25, 0.3) is 0 Å². The molecule has 4 nitrogen and oxygen atoms in total. The van der Waals surface area contributed by atoms with Crippen LogP contribution in [0.1, 0.15) is 6.92 Å². The van der Waals surface area contributed by atoms with Gasteiger partial charge < -0.3 is 14.5 Å². The molecule has 2 rings (SSSR count). The van der Waals surface area contributed by atoms with Crippen LogP contribution >= 0.6 is 0 Å². The Morgan fingerprint density at radius 1 is 1.31 bits per heavy atom. The van der Waals surface area contributed by atoms with Crippen molar-refractivity contribution in [1.29, 1.82) is 0 Å². The molecule has 1 aromatic carbocycles. The van der Waals surface area contributed by atoms with Crippen LogP contribution < -0.4 is 9.47 Å². The average Bonchev–Trinajstić information content (AvgIpc) is 2.83. The van der Waals surface area contributed by atoms with Crippen LogP contribution in [0.25, 0.3) is 11.3 Å². The van der Waals surface area contributed by atoms with Crippen LogP contribution in [-0.4, -0.2) is 23.7 Å². The van der Waals surface area contributed by atoms with Crippen molar-refractivity contribution in [1.82, 2.24) is 9.97 Å². The lowest BCUT2D eigenvalue weighted by molar-refractivity contribution is 0.311. The van der Waals surface area contributed by atoms with Gasteiger partial charge in [0.15, 0.2) is 11.5 Å². The standard InChI is InChI=1S/C12H14N2O2/c1-3-16-12-6-9(4-5-11(12)15-2)10-7-13-8-14-10/h4-8H,3H2,1-2H3,(H,13,14). The van der Waals surface area contributed by atoms with E-state index in [4.69, 9.17) is 9.47 Å². The third-order valence-electron chi connectivity index (χ3n) is 2.27. The number of aromatic nitrogens is 2. The first-order chi connectivity index (χ1) is 7.85. The van der Waals surface area contributed by atoms with E-state index >= 15 is 0 Å². The van der Waals surface area contributed by atoms with E-state index in [-0.39, 0.29) is 0 Å². The number of imidazole rings is 1. The molecule has 0 bridgehead atoms. The predicted molar refractivity (Wildman–Crippen MR) is 61.7 cm³/mol. The first-order valence-corrected chi connectivity index (χ1v) is 5.14. The van der Waals surface area contributed by atoms with Crippen molar-refractivity contribution in [3.63, 3.8) is 0 Å². The highest BCUT2D eigenvalue weighted by molar-refractivity contribution is 5.63. The zero-order valence-electron chi connectivity index (χ0n) is 9.36. The number of rotatable bonds is 4. The van der Waals surface area contributed by atoms with E-state index in [0.717, 1.165) is 22.8 Å². The van der Waals surface area contributed by atoms with Gasteiger partial charge in [-0.2, -0.15) is 0 Å². The number of methoxy groups -OCH3 is 1. The van der Waals surface area contributed by atoms with Crippen molar-refractivity contribution >= 4 is 0 Å². The minimum absolute atomic E-state index is 0.614. The number of hydrogen-bond acceptors (Lipinski definition) is 3. The van der Waals surface area contributed by atoms with Crippen molar-refractivity contribution in [2.45, 2.75) is 6.92 Å². The van der Waals surface area contributed by atoms with Gasteiger partial charge in [-0.05, 0) is 25.1 Å². The van der Waals surface area contributed by atoms with E-state index < -0.39 is 0 Å². The lowest BCUT2D eigenvalue weighted by Crippen LogP contribution is -1.95. The van der Waals surface area contributed by atoms with E-state index in [1.54, 1.807) is 19.6 Å². The molecule has 0 saturated carbocycles. The van der Waals surface area contributed by atoms with Crippen molar-refractivity contribution in [2.75, 3.05) is 13.7 Å². The van der Waals surface area contributed by atoms with E-state index in [9.17, 15) is 0 Å². The third-order valence-corrected chi connectivity index (χ3v) is 2.27. The van der Waals surface area contributed by atoms with E-state index in [1.165, 1.54) is 0 Å². The normalized spacial score (nSPS) is 10.1. The fourth-order valence-electron chi connectivity index (χ4n) is 1.53. The summed E-state index contributed by atoms with van der Waals surface area (Å²) in [7, 11) is 1.63. The summed E-state index contributed by atoms with van der Waals surface area (Å²) in [5.41, 5.74) is 1.99. The second-order valence-electron chi connectivity index (χ2n) is 3.26. The molecule has 0 aliphatic heterocycles. The number of benzene rings is 1. The van der Waals surface area contributed by atoms with E-state index in [1.807, 2.05) is 25.1 Å². The number of nitrogens with zero attached hydrogens (tertiary/aromatic N) is 1. The third kappa shape index (κ3) is 2.00. The van der Waals surface area contributed by atoms with Gasteiger partial charge in [-0.15, -0.1) is 0 Å². The van der Waals surface area contributed by atoms with Crippen LogP contribution in [0.3, 0.4) is 0 Å². The van der Waals surface area contributed by atoms with Gasteiger partial charge in [0.1, 0.15) is 0 Å². The topological polar surface area (TPSA) is 47.1 Å². The first kappa shape index (κ1) is 10.5. The summed E-state index contributed by atoms with van der Waals surface area (Å²) in [6.07, 6.45) is 3.43. The molecule has 0 atom stereocenters. The van der Waals surface area contributed by atoms with Gasteiger partial charge in [0.05, 0.1) is 31.9 Å². The Hall–Kier alpha value is -1.97. The smallest absolute Gasteiger partial charge is 0.161 e. The molecule has 2 aromatic rings. The van der Waals surface area contributed by atoms with Crippen LogP contribution in [0.5, 0.6) is 11.5 Å². The van der Waals surface area contributed by atoms with E-state index in [2.05, 4.69) is 9.97 Å². The van der Waals surface area contributed by atoms with Crippen LogP contribution in [0.2, 0.25) is 0 Å². The molecule has 16 heavy (non-hydrogen) atoms. The lowest BCUT2D eigenvalue weighted by atomic mass is 10.1. The monoisotopic (exact) mass is 218 g/mol. The van der Waals surface area contributed by atoms with Gasteiger partial charge >= 0.3 is 0 Å². The molecule has 0 spiro atoms. The lowest BCUT2D eigenvalue weighted by Gasteiger charge is -2.10. The SMILES string of the molecule is CCOc1cc(-c2cnc[nH]2)ccc1OC. The average molecular weight is 218 g/mol. The van der Waals surface area contributed by atoms with Crippen LogP contribution in [0, 0.1) is 0 Å². The number of H-pyrrole nitrogens is 1. The minimum atomic E-state index is 0.614. The first-order valence-electron chi connectivity index (χ1n) is 5.14. The highest BCUT2D eigenvalue weighted by atomic mass is 16.5. The molecule has 0 fully saturated rings. The summed E-state index contributed by atoms with van der Waals surface area (Å²) < 4.78 is 10.7. The maximum atomic E-state index is 5.51. The molecule has 1 heterocycles. The van der Waals surface area contributed by atoms with Gasteiger partial charge in [-0.1, -0.05) is 0 Å². The Morgan fingerprint density at radius 3 is 2.81 bits per heavy atom. The molecule has 0 unspecified atom stereocenters. The zero-order valence-corrected chi connectivity index (χ0v) is 9.36. The van der Waals surface area contributed by atoms with Crippen molar-refractivity contribution in [3.8, 4) is 22.8 Å². The Kier molecular flexibility index (Phi) is 3.10. The minimum Gasteiger partial charge on any atom is -0.493 e. The summed E-state index contributed by atoms with van der Waals surface area (Å²) in [6.45, 7) is 2.56. The Morgan fingerprint density at radius 2 is 2.19 bits per heavy atom. The van der Waals surface area contributed by atoms with Gasteiger partial charge in [-0.25, -0.2) is 4.98 Å². The van der Waals surface area contributed by atoms with Crippen LogP contribution in [0.4, 0.5) is 0 Å². The second-order valence-corrected chi connectivity index (χ2v) is 3.26. The Bertz CT molecular complexity index is 452. The summed E-state index contributed by atoms with van der Waals surface area (Å²) in [5, 5.41) is 0. The number of aromatic amines is 1. The number of hydrogen-bond donors (Lipinski definition) is 1. The Labute approximate surface area is 94.2 Å². The molecule has 0 aliphatic rings. The fourth-order valence-corrected chi connectivity index (χ4v) is 1.53. The molecule has 0 saturated heterocycles. The van der Waals surface area contributed by atoms with Gasteiger partial charge in [0, 0.05) is 5.56 Å². The quantitative estimate of drug-likeness (QED) is 0.857. The molecule has 84 valence electrons. The molecule has 4 heteroatoms. The van der Waals surface area contributed by atoms with Crippen LogP contribution in [0.15, 0.2) is 30.7 Å². The Balaban J connectivity index is 2.39. The molecule has 0 radical (unpaired) electrons. The maximum absolute atomic E-state index is 5.51. The largest absolute Gasteiger partial charge is 0.493 e.